The van der Waals surface area contributed by atoms with Crippen LogP contribution in [0.15, 0.2) is 0 Å². The molecule has 0 fully saturated rings. The third-order valence-electron chi connectivity index (χ3n) is 2.26. The van der Waals surface area contributed by atoms with Crippen molar-refractivity contribution in [2.45, 2.75) is 34.6 Å². The van der Waals surface area contributed by atoms with Crippen LogP contribution in [0.25, 0.3) is 0 Å². The number of hydrogen-bond donors (Lipinski definition) is 0. The van der Waals surface area contributed by atoms with E-state index in [1.54, 1.807) is 7.11 Å². The third kappa shape index (κ3) is 3.76. The summed E-state index contributed by atoms with van der Waals surface area (Å²) in [6.07, 6.45) is 0. The smallest absolute Gasteiger partial charge is 0.0497 e. The Bertz CT molecular complexity index is 99.9. The highest BCUT2D eigenvalue weighted by atomic mass is 16.5. The van der Waals surface area contributed by atoms with Gasteiger partial charge in [-0.3, -0.25) is 0 Å². The van der Waals surface area contributed by atoms with Crippen LogP contribution in [-0.4, -0.2) is 13.7 Å². The van der Waals surface area contributed by atoms with Crippen molar-refractivity contribution in [1.82, 2.24) is 0 Å². The molecule has 0 aromatic rings. The summed E-state index contributed by atoms with van der Waals surface area (Å²) in [6.45, 7) is 12.2. The maximum absolute atomic E-state index is 5.19. The van der Waals surface area contributed by atoms with E-state index in [2.05, 4.69) is 34.6 Å². The Balaban J connectivity index is 4.10. The van der Waals surface area contributed by atoms with Gasteiger partial charge >= 0.3 is 0 Å². The summed E-state index contributed by atoms with van der Waals surface area (Å²) in [5.74, 6) is 1.36. The van der Waals surface area contributed by atoms with Crippen molar-refractivity contribution in [3.8, 4) is 0 Å². The molecule has 0 aliphatic rings. The zero-order valence-electron chi connectivity index (χ0n) is 8.77. The lowest BCUT2D eigenvalue weighted by Crippen LogP contribution is -2.29. The highest BCUT2D eigenvalue weighted by molar-refractivity contribution is 4.75. The highest BCUT2D eigenvalue weighted by Crippen LogP contribution is 2.31. The molecule has 0 saturated carbocycles. The van der Waals surface area contributed by atoms with Gasteiger partial charge in [-0.05, 0) is 17.3 Å². The molecule has 1 unspecified atom stereocenters. The number of ether oxygens (including phenoxy) is 1. The van der Waals surface area contributed by atoms with E-state index in [1.807, 2.05) is 0 Å². The van der Waals surface area contributed by atoms with Crippen molar-refractivity contribution in [3.05, 3.63) is 0 Å². The summed E-state index contributed by atoms with van der Waals surface area (Å²) in [5.41, 5.74) is 0.365. The van der Waals surface area contributed by atoms with Crippen molar-refractivity contribution < 1.29 is 4.74 Å². The Kier molecular flexibility index (Phi) is 4.09. The Morgan fingerprint density at radius 3 is 1.73 bits per heavy atom. The van der Waals surface area contributed by atoms with Crippen LogP contribution in [0.3, 0.4) is 0 Å². The van der Waals surface area contributed by atoms with Crippen LogP contribution in [0.1, 0.15) is 34.6 Å². The lowest BCUT2D eigenvalue weighted by Gasteiger charge is -2.33. The van der Waals surface area contributed by atoms with Crippen LogP contribution in [0, 0.1) is 17.3 Å². The molecular formula is C10H22O. The summed E-state index contributed by atoms with van der Waals surface area (Å²) >= 11 is 0. The van der Waals surface area contributed by atoms with Gasteiger partial charge in [0, 0.05) is 13.7 Å². The van der Waals surface area contributed by atoms with E-state index in [1.165, 1.54) is 0 Å². The van der Waals surface area contributed by atoms with Gasteiger partial charge in [0.15, 0.2) is 0 Å². The quantitative estimate of drug-likeness (QED) is 0.613. The van der Waals surface area contributed by atoms with E-state index in [0.29, 0.717) is 17.3 Å². The summed E-state index contributed by atoms with van der Waals surface area (Å²) < 4.78 is 5.19. The minimum atomic E-state index is 0.365. The molecule has 11 heavy (non-hydrogen) atoms. The van der Waals surface area contributed by atoms with Gasteiger partial charge in [-0.15, -0.1) is 0 Å². The second kappa shape index (κ2) is 4.10. The molecule has 0 amide bonds. The topological polar surface area (TPSA) is 9.23 Å². The van der Waals surface area contributed by atoms with Crippen LogP contribution < -0.4 is 0 Å². The maximum Gasteiger partial charge on any atom is 0.0497 e. The monoisotopic (exact) mass is 158 g/mol. The Morgan fingerprint density at radius 2 is 1.64 bits per heavy atom. The fraction of sp³-hybridized carbons (Fsp3) is 1.00. The SMILES string of the molecule is COCC(C(C)C)C(C)(C)C. The van der Waals surface area contributed by atoms with Crippen molar-refractivity contribution in [2.75, 3.05) is 13.7 Å². The molecule has 0 aliphatic heterocycles. The fourth-order valence-corrected chi connectivity index (χ4v) is 1.62. The Labute approximate surface area is 71.1 Å². The number of hydrogen-bond acceptors (Lipinski definition) is 1. The average Bonchev–Trinajstić information content (AvgIpc) is 1.79. The number of methoxy groups -OCH3 is 1. The molecule has 0 heterocycles. The molecule has 0 aromatic carbocycles. The maximum atomic E-state index is 5.19. The first-order valence-electron chi connectivity index (χ1n) is 4.38. The zero-order chi connectivity index (χ0) is 9.07. The van der Waals surface area contributed by atoms with Crippen LogP contribution in [0.2, 0.25) is 0 Å². The molecule has 68 valence electrons. The Hall–Kier alpha value is -0.0400. The van der Waals surface area contributed by atoms with Gasteiger partial charge in [0.1, 0.15) is 0 Å². The van der Waals surface area contributed by atoms with Crippen molar-refractivity contribution in [3.63, 3.8) is 0 Å². The Morgan fingerprint density at radius 1 is 1.18 bits per heavy atom. The van der Waals surface area contributed by atoms with Gasteiger partial charge in [-0.25, -0.2) is 0 Å². The van der Waals surface area contributed by atoms with Crippen molar-refractivity contribution >= 4 is 0 Å². The van der Waals surface area contributed by atoms with Crippen LogP contribution in [0.4, 0.5) is 0 Å². The lowest BCUT2D eigenvalue weighted by atomic mass is 9.75. The highest BCUT2D eigenvalue weighted by Gasteiger charge is 2.26. The van der Waals surface area contributed by atoms with Crippen molar-refractivity contribution in [2.24, 2.45) is 17.3 Å². The second-order valence-corrected chi connectivity index (χ2v) is 4.67. The van der Waals surface area contributed by atoms with E-state index in [4.69, 9.17) is 4.74 Å². The molecule has 0 bridgehead atoms. The zero-order valence-corrected chi connectivity index (χ0v) is 8.77. The standard InChI is InChI=1S/C10H22O/c1-8(2)9(7-11-6)10(3,4)5/h8-9H,7H2,1-6H3. The molecule has 1 nitrogen and oxygen atoms in total. The predicted molar refractivity (Wildman–Crippen MR) is 49.7 cm³/mol. The largest absolute Gasteiger partial charge is 0.384 e. The lowest BCUT2D eigenvalue weighted by molar-refractivity contribution is 0.0606. The summed E-state index contributed by atoms with van der Waals surface area (Å²) in [7, 11) is 1.78. The molecule has 0 aromatic heterocycles. The van der Waals surface area contributed by atoms with Gasteiger partial charge in [-0.1, -0.05) is 34.6 Å². The molecule has 1 atom stereocenters. The molecule has 0 saturated heterocycles. The number of rotatable bonds is 3. The van der Waals surface area contributed by atoms with Crippen LogP contribution >= 0.6 is 0 Å². The van der Waals surface area contributed by atoms with Crippen molar-refractivity contribution in [1.29, 1.82) is 0 Å². The van der Waals surface area contributed by atoms with Gasteiger partial charge in [-0.2, -0.15) is 0 Å². The first-order valence-corrected chi connectivity index (χ1v) is 4.38. The average molecular weight is 158 g/mol. The normalized spacial score (nSPS) is 15.5. The first-order chi connectivity index (χ1) is 4.89. The first kappa shape index (κ1) is 11.0. The van der Waals surface area contributed by atoms with Gasteiger partial charge in [0.25, 0.3) is 0 Å². The second-order valence-electron chi connectivity index (χ2n) is 4.67. The molecule has 0 radical (unpaired) electrons. The van der Waals surface area contributed by atoms with E-state index in [-0.39, 0.29) is 0 Å². The minimum Gasteiger partial charge on any atom is -0.384 e. The molecule has 0 rings (SSSR count). The molecule has 1 heteroatoms. The molecule has 0 aliphatic carbocycles. The summed E-state index contributed by atoms with van der Waals surface area (Å²) in [4.78, 5) is 0. The van der Waals surface area contributed by atoms with Gasteiger partial charge in [0.2, 0.25) is 0 Å². The van der Waals surface area contributed by atoms with E-state index in [9.17, 15) is 0 Å². The van der Waals surface area contributed by atoms with Crippen LogP contribution in [0.5, 0.6) is 0 Å². The predicted octanol–water partition coefficient (Wildman–Crippen LogP) is 2.95. The summed E-state index contributed by atoms with van der Waals surface area (Å²) in [6, 6.07) is 0. The molecule has 0 N–H and O–H groups in total. The summed E-state index contributed by atoms with van der Waals surface area (Å²) in [5, 5.41) is 0. The minimum absolute atomic E-state index is 0.365. The van der Waals surface area contributed by atoms with Gasteiger partial charge < -0.3 is 4.74 Å². The molecule has 0 spiro atoms. The third-order valence-corrected chi connectivity index (χ3v) is 2.26. The van der Waals surface area contributed by atoms with Crippen LogP contribution in [-0.2, 0) is 4.74 Å². The van der Waals surface area contributed by atoms with E-state index >= 15 is 0 Å². The van der Waals surface area contributed by atoms with E-state index in [0.717, 1.165) is 6.61 Å². The fourth-order valence-electron chi connectivity index (χ4n) is 1.62. The molecular weight excluding hydrogens is 136 g/mol. The van der Waals surface area contributed by atoms with Gasteiger partial charge in [0.05, 0.1) is 0 Å². The van der Waals surface area contributed by atoms with E-state index < -0.39 is 0 Å².